The Morgan fingerprint density at radius 1 is 0.900 bits per heavy atom. The summed E-state index contributed by atoms with van der Waals surface area (Å²) < 4.78 is 10.8. The van der Waals surface area contributed by atoms with Crippen molar-refractivity contribution in [2.75, 3.05) is 39.9 Å². The van der Waals surface area contributed by atoms with Crippen LogP contribution in [0.2, 0.25) is 0 Å². The van der Waals surface area contributed by atoms with Crippen LogP contribution in [0, 0.1) is 16.7 Å². The van der Waals surface area contributed by atoms with E-state index in [1.54, 1.807) is 37.8 Å². The van der Waals surface area contributed by atoms with Gasteiger partial charge in [-0.05, 0) is 68.9 Å². The number of carboxylic acids is 1. The standard InChI is InChI=1S/C41H52N2O7/c1-38(2,3)50-34(44)25-30(26-49-7)35(45)42-23-20-41(21-24-42,31-11-9-8-10-12-31)37(48)43-22-18-33-39(4,5)32(17-19-40(33,6)27-43)28-13-15-29(16-14-28)36(46)47/h8-18,30H,19-27H2,1-7H3,(H,46,47)/t30-,40+/m0/s1. The van der Waals surface area contributed by atoms with Gasteiger partial charge >= 0.3 is 11.9 Å². The number of allylic oxidation sites excluding steroid dienone is 2. The van der Waals surface area contributed by atoms with E-state index in [-0.39, 0.29) is 41.2 Å². The first kappa shape index (κ1) is 37.0. The molecule has 268 valence electrons. The summed E-state index contributed by atoms with van der Waals surface area (Å²) in [5.74, 6) is -2.13. The highest BCUT2D eigenvalue weighted by molar-refractivity contribution is 5.91. The summed E-state index contributed by atoms with van der Waals surface area (Å²) in [7, 11) is 1.52. The lowest BCUT2D eigenvalue weighted by Gasteiger charge is -2.52. The summed E-state index contributed by atoms with van der Waals surface area (Å²) >= 11 is 0. The summed E-state index contributed by atoms with van der Waals surface area (Å²) in [5.41, 5.74) is 2.64. The van der Waals surface area contributed by atoms with E-state index in [0.29, 0.717) is 39.0 Å². The van der Waals surface area contributed by atoms with Crippen molar-refractivity contribution >= 4 is 29.3 Å². The number of piperidine rings is 1. The van der Waals surface area contributed by atoms with Gasteiger partial charge < -0.3 is 24.4 Å². The Kier molecular flexibility index (Phi) is 10.5. The largest absolute Gasteiger partial charge is 0.478 e. The van der Waals surface area contributed by atoms with Gasteiger partial charge in [0.1, 0.15) is 5.60 Å². The molecule has 50 heavy (non-hydrogen) atoms. The number of aromatic carboxylic acids is 1. The molecular weight excluding hydrogens is 632 g/mol. The predicted molar refractivity (Wildman–Crippen MR) is 192 cm³/mol. The number of nitrogens with zero attached hydrogens (tertiary/aromatic N) is 2. The van der Waals surface area contributed by atoms with Crippen molar-refractivity contribution in [3.05, 3.63) is 89.0 Å². The minimum Gasteiger partial charge on any atom is -0.478 e. The van der Waals surface area contributed by atoms with Crippen LogP contribution in [0.5, 0.6) is 0 Å². The van der Waals surface area contributed by atoms with Crippen molar-refractivity contribution in [2.45, 2.75) is 78.2 Å². The van der Waals surface area contributed by atoms with E-state index in [0.717, 1.165) is 23.1 Å². The van der Waals surface area contributed by atoms with E-state index < -0.39 is 28.9 Å². The minimum atomic E-state index is -0.945. The molecule has 0 bridgehead atoms. The second-order valence-electron chi connectivity index (χ2n) is 15.9. The second-order valence-corrected chi connectivity index (χ2v) is 15.9. The molecule has 2 aromatic carbocycles. The van der Waals surface area contributed by atoms with E-state index in [1.807, 2.05) is 47.4 Å². The first-order valence-electron chi connectivity index (χ1n) is 17.6. The molecule has 2 atom stereocenters. The number of rotatable bonds is 9. The smallest absolute Gasteiger partial charge is 0.335 e. The number of amides is 2. The van der Waals surface area contributed by atoms with Gasteiger partial charge in [-0.2, -0.15) is 0 Å². The van der Waals surface area contributed by atoms with Gasteiger partial charge in [0.05, 0.1) is 29.9 Å². The Labute approximate surface area is 296 Å². The van der Waals surface area contributed by atoms with Crippen LogP contribution in [0.4, 0.5) is 0 Å². The molecule has 0 unspecified atom stereocenters. The van der Waals surface area contributed by atoms with E-state index >= 15 is 0 Å². The molecule has 0 radical (unpaired) electrons. The lowest BCUT2D eigenvalue weighted by molar-refractivity contribution is -0.159. The van der Waals surface area contributed by atoms with Gasteiger partial charge in [-0.3, -0.25) is 14.4 Å². The van der Waals surface area contributed by atoms with E-state index in [2.05, 4.69) is 32.9 Å². The summed E-state index contributed by atoms with van der Waals surface area (Å²) in [6.07, 6.45) is 6.11. The van der Waals surface area contributed by atoms with Crippen LogP contribution < -0.4 is 0 Å². The molecule has 2 amide bonds. The third kappa shape index (κ3) is 7.43. The van der Waals surface area contributed by atoms with E-state index in [9.17, 15) is 24.3 Å². The molecule has 0 aromatic heterocycles. The molecule has 2 heterocycles. The quantitative estimate of drug-likeness (QED) is 0.236. The zero-order chi connectivity index (χ0) is 36.5. The van der Waals surface area contributed by atoms with Gasteiger partial charge in [0.25, 0.3) is 0 Å². The molecular formula is C41H52N2O7. The summed E-state index contributed by atoms with van der Waals surface area (Å²) in [6.45, 7) is 14.0. The molecule has 1 saturated heterocycles. The van der Waals surface area contributed by atoms with Crippen molar-refractivity contribution < 1.29 is 33.8 Å². The Morgan fingerprint density at radius 3 is 2.12 bits per heavy atom. The maximum absolute atomic E-state index is 14.9. The lowest BCUT2D eigenvalue weighted by Crippen LogP contribution is -2.58. The number of methoxy groups -OCH3 is 1. The molecule has 9 nitrogen and oxygen atoms in total. The molecule has 2 aromatic rings. The first-order chi connectivity index (χ1) is 23.5. The molecule has 9 heteroatoms. The van der Waals surface area contributed by atoms with Crippen LogP contribution in [-0.2, 0) is 29.3 Å². The number of carbonyl (C=O) groups is 4. The zero-order valence-electron chi connectivity index (χ0n) is 30.6. The van der Waals surface area contributed by atoms with Gasteiger partial charge in [0.2, 0.25) is 11.8 Å². The highest BCUT2D eigenvalue weighted by Gasteiger charge is 2.51. The van der Waals surface area contributed by atoms with Crippen molar-refractivity contribution in [1.82, 2.24) is 9.80 Å². The number of carbonyl (C=O) groups excluding carboxylic acids is 3. The Balaban J connectivity index is 1.36. The first-order valence-corrected chi connectivity index (χ1v) is 17.6. The number of fused-ring (bicyclic) bond motifs is 1. The molecule has 0 saturated carbocycles. The van der Waals surface area contributed by atoms with Crippen LogP contribution >= 0.6 is 0 Å². The predicted octanol–water partition coefficient (Wildman–Crippen LogP) is 6.53. The maximum Gasteiger partial charge on any atom is 0.335 e. The molecule has 1 fully saturated rings. The fraction of sp³-hybridized carbons (Fsp3) is 0.512. The minimum absolute atomic E-state index is 0.0651. The highest BCUT2D eigenvalue weighted by Crippen LogP contribution is 2.55. The molecule has 1 aliphatic carbocycles. The SMILES string of the molecule is COC[C@H](CC(=O)OC(C)(C)C)C(=O)N1CCC(C(=O)N2CC=C3C(C)(C)C(c4ccc(C(=O)O)cc4)=CC[C@]3(C)C2)(c2ccccc2)CC1. The Morgan fingerprint density at radius 2 is 1.54 bits per heavy atom. The number of hydrogen-bond acceptors (Lipinski definition) is 6. The van der Waals surface area contributed by atoms with Crippen molar-refractivity contribution in [1.29, 1.82) is 0 Å². The van der Waals surface area contributed by atoms with Crippen molar-refractivity contribution in [3.8, 4) is 0 Å². The van der Waals surface area contributed by atoms with Crippen LogP contribution in [-0.4, -0.2) is 84.2 Å². The fourth-order valence-electron chi connectivity index (χ4n) is 8.41. The number of ether oxygens (including phenoxy) is 2. The van der Waals surface area contributed by atoms with Crippen LogP contribution in [0.25, 0.3) is 5.57 Å². The summed E-state index contributed by atoms with van der Waals surface area (Å²) in [5, 5.41) is 9.38. The molecule has 2 aliphatic heterocycles. The van der Waals surface area contributed by atoms with Gasteiger partial charge in [0.15, 0.2) is 0 Å². The van der Waals surface area contributed by atoms with Gasteiger partial charge in [0, 0.05) is 44.1 Å². The lowest BCUT2D eigenvalue weighted by atomic mass is 9.58. The maximum atomic E-state index is 14.9. The van der Waals surface area contributed by atoms with Gasteiger partial charge in [-0.15, -0.1) is 0 Å². The van der Waals surface area contributed by atoms with Crippen LogP contribution in [0.1, 0.15) is 88.7 Å². The monoisotopic (exact) mass is 684 g/mol. The van der Waals surface area contributed by atoms with Gasteiger partial charge in [-0.1, -0.05) is 81.0 Å². The normalized spacial score (nSPS) is 22.1. The average Bonchev–Trinajstić information content (AvgIpc) is 3.06. The number of carboxylic acid groups (broad SMARTS) is 1. The third-order valence-corrected chi connectivity index (χ3v) is 10.8. The Bertz CT molecular complexity index is 1660. The molecule has 1 N–H and O–H groups in total. The van der Waals surface area contributed by atoms with E-state index in [1.165, 1.54) is 12.7 Å². The van der Waals surface area contributed by atoms with E-state index in [4.69, 9.17) is 9.47 Å². The number of benzene rings is 2. The topological polar surface area (TPSA) is 113 Å². The van der Waals surface area contributed by atoms with Crippen molar-refractivity contribution in [3.63, 3.8) is 0 Å². The number of likely N-dealkylation sites (tertiary alicyclic amines) is 1. The molecule has 0 spiro atoms. The highest BCUT2D eigenvalue weighted by atomic mass is 16.6. The summed E-state index contributed by atoms with van der Waals surface area (Å²) in [4.78, 5) is 56.5. The Hall–Kier alpha value is -4.24. The zero-order valence-corrected chi connectivity index (χ0v) is 30.6. The average molecular weight is 685 g/mol. The fourth-order valence-corrected chi connectivity index (χ4v) is 8.41. The van der Waals surface area contributed by atoms with Crippen LogP contribution in [0.15, 0.2) is 72.3 Å². The van der Waals surface area contributed by atoms with Crippen LogP contribution in [0.3, 0.4) is 0 Å². The third-order valence-electron chi connectivity index (χ3n) is 10.8. The molecule has 5 rings (SSSR count). The van der Waals surface area contributed by atoms with Crippen molar-refractivity contribution in [2.24, 2.45) is 16.7 Å². The number of esters is 1. The summed E-state index contributed by atoms with van der Waals surface area (Å²) in [6, 6.07) is 17.0. The van der Waals surface area contributed by atoms with Gasteiger partial charge in [-0.25, -0.2) is 4.79 Å². The number of hydrogen-bond donors (Lipinski definition) is 1. The second kappa shape index (κ2) is 14.2. The molecule has 3 aliphatic rings.